The van der Waals surface area contributed by atoms with Crippen LogP contribution in [0.5, 0.6) is 0 Å². The maximum absolute atomic E-state index is 12.7. The second-order valence-electron chi connectivity index (χ2n) is 5.31. The van der Waals surface area contributed by atoms with E-state index < -0.39 is 0 Å². The molecule has 1 aliphatic heterocycles. The Labute approximate surface area is 149 Å². The van der Waals surface area contributed by atoms with Crippen LogP contribution in [0.25, 0.3) is 0 Å². The van der Waals surface area contributed by atoms with E-state index in [0.29, 0.717) is 6.54 Å². The number of hydrogen-bond donors (Lipinski definition) is 0. The number of hydrogen-bond acceptors (Lipinski definition) is 6. The molecule has 0 aliphatic carbocycles. The summed E-state index contributed by atoms with van der Waals surface area (Å²) in [4.78, 5) is 14.7. The van der Waals surface area contributed by atoms with Crippen molar-refractivity contribution in [2.24, 2.45) is 0 Å². The smallest absolute Gasteiger partial charge is 0.236 e. The van der Waals surface area contributed by atoms with Gasteiger partial charge in [0.2, 0.25) is 5.91 Å². The van der Waals surface area contributed by atoms with E-state index in [2.05, 4.69) is 35.3 Å². The largest absolute Gasteiger partial charge is 0.337 e. The van der Waals surface area contributed by atoms with Crippen molar-refractivity contribution in [3.8, 4) is 0 Å². The lowest BCUT2D eigenvalue weighted by atomic mass is 10.00. The van der Waals surface area contributed by atoms with Crippen molar-refractivity contribution in [2.75, 3.05) is 12.3 Å². The van der Waals surface area contributed by atoms with Gasteiger partial charge in [0.25, 0.3) is 0 Å². The molecular weight excluding hydrogens is 346 g/mol. The van der Waals surface area contributed by atoms with Crippen LogP contribution in [0.1, 0.15) is 25.0 Å². The van der Waals surface area contributed by atoms with Crippen molar-refractivity contribution in [2.45, 2.75) is 40.7 Å². The molecule has 1 aliphatic rings. The molecule has 2 aromatic rings. The maximum Gasteiger partial charge on any atom is 0.236 e. The van der Waals surface area contributed by atoms with Crippen molar-refractivity contribution in [1.82, 2.24) is 15.1 Å². The summed E-state index contributed by atoms with van der Waals surface area (Å²) in [5, 5.41) is 8.19. The topological polar surface area (TPSA) is 46.1 Å². The van der Waals surface area contributed by atoms with Gasteiger partial charge < -0.3 is 4.90 Å². The van der Waals surface area contributed by atoms with Gasteiger partial charge in [0.05, 0.1) is 5.25 Å². The van der Waals surface area contributed by atoms with E-state index in [-0.39, 0.29) is 11.2 Å². The lowest BCUT2D eigenvalue weighted by Gasteiger charge is -2.30. The van der Waals surface area contributed by atoms with E-state index in [1.54, 1.807) is 23.1 Å². The monoisotopic (exact) mass is 365 g/mol. The summed E-state index contributed by atoms with van der Waals surface area (Å²) in [5.74, 6) is 1.17. The molecule has 3 rings (SSSR count). The minimum Gasteiger partial charge on any atom is -0.337 e. The van der Waals surface area contributed by atoms with Crippen molar-refractivity contribution in [3.05, 3.63) is 35.4 Å². The normalized spacial score (nSPS) is 15.3. The Balaban J connectivity index is 1.61. The maximum atomic E-state index is 12.7. The predicted octanol–water partition coefficient (Wildman–Crippen LogP) is 3.72. The molecule has 0 bridgehead atoms. The average Bonchev–Trinajstić information content (AvgIpc) is 3.01. The third kappa shape index (κ3) is 4.08. The molecule has 0 saturated heterocycles. The van der Waals surface area contributed by atoms with Crippen LogP contribution < -0.4 is 0 Å². The number of carbonyl (C=O) groups is 1. The molecule has 0 unspecified atom stereocenters. The highest BCUT2D eigenvalue weighted by atomic mass is 32.2. The zero-order valence-corrected chi connectivity index (χ0v) is 15.6. The Bertz CT molecular complexity index is 689. The zero-order chi connectivity index (χ0) is 16.2. The van der Waals surface area contributed by atoms with Crippen molar-refractivity contribution in [1.29, 1.82) is 0 Å². The minimum absolute atomic E-state index is 0.132. The third-order valence-electron chi connectivity index (χ3n) is 3.72. The molecular formula is C16H19N3OS3. The van der Waals surface area contributed by atoms with Gasteiger partial charge in [0, 0.05) is 13.1 Å². The van der Waals surface area contributed by atoms with E-state index in [0.717, 1.165) is 27.4 Å². The van der Waals surface area contributed by atoms with Gasteiger partial charge in [-0.1, -0.05) is 66.0 Å². The van der Waals surface area contributed by atoms with Crippen LogP contribution in [0.4, 0.5) is 0 Å². The standard InChI is InChI=1S/C16H19N3OS3/c1-3-21-15-17-18-16(23-15)22-11(2)14(20)19-9-8-12-6-4-5-7-13(12)10-19/h4-7,11H,3,8-10H2,1-2H3/t11-/m1/s1. The van der Waals surface area contributed by atoms with E-state index >= 15 is 0 Å². The van der Waals surface area contributed by atoms with Crippen LogP contribution in [-0.2, 0) is 17.8 Å². The summed E-state index contributed by atoms with van der Waals surface area (Å²) in [6.45, 7) is 5.57. The Morgan fingerprint density at radius 3 is 2.83 bits per heavy atom. The van der Waals surface area contributed by atoms with Crippen LogP contribution in [0.2, 0.25) is 0 Å². The zero-order valence-electron chi connectivity index (χ0n) is 13.2. The second-order valence-corrected chi connectivity index (χ2v) is 9.38. The SMILES string of the molecule is CCSc1nnc(S[C@H](C)C(=O)N2CCc3ccccc3C2)s1. The Hall–Kier alpha value is -1.05. The van der Waals surface area contributed by atoms with Crippen LogP contribution in [-0.4, -0.2) is 38.6 Å². The fourth-order valence-corrected chi connectivity index (χ4v) is 5.71. The molecule has 1 amide bonds. The van der Waals surface area contributed by atoms with Crippen LogP contribution in [0.3, 0.4) is 0 Å². The number of aromatic nitrogens is 2. The predicted molar refractivity (Wildman–Crippen MR) is 97.2 cm³/mol. The second kappa shape index (κ2) is 7.68. The molecule has 23 heavy (non-hydrogen) atoms. The van der Waals surface area contributed by atoms with Gasteiger partial charge in [0.1, 0.15) is 0 Å². The molecule has 1 aromatic heterocycles. The quantitative estimate of drug-likeness (QED) is 0.756. The lowest BCUT2D eigenvalue weighted by molar-refractivity contribution is -0.131. The van der Waals surface area contributed by atoms with Gasteiger partial charge in [-0.3, -0.25) is 4.79 Å². The number of amides is 1. The van der Waals surface area contributed by atoms with Gasteiger partial charge in [0.15, 0.2) is 8.68 Å². The molecule has 0 saturated carbocycles. The minimum atomic E-state index is -0.132. The number of benzene rings is 1. The molecule has 0 N–H and O–H groups in total. The number of fused-ring (bicyclic) bond motifs is 1. The van der Waals surface area contributed by atoms with Gasteiger partial charge in [-0.15, -0.1) is 10.2 Å². The first-order valence-electron chi connectivity index (χ1n) is 7.66. The number of rotatable bonds is 5. The van der Waals surface area contributed by atoms with Crippen LogP contribution in [0.15, 0.2) is 32.9 Å². The third-order valence-corrected chi connectivity index (χ3v) is 6.83. The molecule has 0 spiro atoms. The Morgan fingerprint density at radius 2 is 2.04 bits per heavy atom. The molecule has 1 aromatic carbocycles. The molecule has 122 valence electrons. The van der Waals surface area contributed by atoms with Gasteiger partial charge in [-0.2, -0.15) is 0 Å². The van der Waals surface area contributed by atoms with E-state index in [1.807, 2.05) is 17.9 Å². The molecule has 1 atom stereocenters. The van der Waals surface area contributed by atoms with Crippen molar-refractivity contribution < 1.29 is 4.79 Å². The molecule has 0 radical (unpaired) electrons. The number of thioether (sulfide) groups is 2. The molecule has 2 heterocycles. The number of nitrogens with zero attached hydrogens (tertiary/aromatic N) is 3. The first-order chi connectivity index (χ1) is 11.2. The first-order valence-corrected chi connectivity index (χ1v) is 10.3. The summed E-state index contributed by atoms with van der Waals surface area (Å²) < 4.78 is 1.85. The van der Waals surface area contributed by atoms with Gasteiger partial charge >= 0.3 is 0 Å². The highest BCUT2D eigenvalue weighted by molar-refractivity contribution is 8.03. The average molecular weight is 366 g/mol. The Morgan fingerprint density at radius 1 is 1.30 bits per heavy atom. The van der Waals surface area contributed by atoms with Crippen LogP contribution >= 0.6 is 34.9 Å². The molecule has 0 fully saturated rings. The first kappa shape index (κ1) is 16.8. The fourth-order valence-electron chi connectivity index (χ4n) is 2.57. The molecule has 4 nitrogen and oxygen atoms in total. The number of carbonyl (C=O) groups excluding carboxylic acids is 1. The van der Waals surface area contributed by atoms with Crippen molar-refractivity contribution in [3.63, 3.8) is 0 Å². The van der Waals surface area contributed by atoms with Crippen LogP contribution in [0, 0.1) is 0 Å². The fraction of sp³-hybridized carbons (Fsp3) is 0.438. The highest BCUT2D eigenvalue weighted by Crippen LogP contribution is 2.32. The summed E-state index contributed by atoms with van der Waals surface area (Å²) in [7, 11) is 0. The summed E-state index contributed by atoms with van der Waals surface area (Å²) in [6, 6.07) is 8.38. The molecule has 7 heteroatoms. The van der Waals surface area contributed by atoms with Gasteiger partial charge in [-0.25, -0.2) is 0 Å². The summed E-state index contributed by atoms with van der Waals surface area (Å²) in [6.07, 6.45) is 0.940. The van der Waals surface area contributed by atoms with E-state index in [1.165, 1.54) is 22.9 Å². The van der Waals surface area contributed by atoms with E-state index in [4.69, 9.17) is 0 Å². The van der Waals surface area contributed by atoms with Crippen molar-refractivity contribution >= 4 is 40.8 Å². The summed E-state index contributed by atoms with van der Waals surface area (Å²) in [5.41, 5.74) is 2.63. The van der Waals surface area contributed by atoms with Gasteiger partial charge in [-0.05, 0) is 30.2 Å². The summed E-state index contributed by atoms with van der Waals surface area (Å²) >= 11 is 4.77. The Kier molecular flexibility index (Phi) is 5.61. The highest BCUT2D eigenvalue weighted by Gasteiger charge is 2.26. The van der Waals surface area contributed by atoms with E-state index in [9.17, 15) is 4.79 Å². The lowest BCUT2D eigenvalue weighted by Crippen LogP contribution is -2.40.